The van der Waals surface area contributed by atoms with Gasteiger partial charge in [0.2, 0.25) is 0 Å². The first-order valence-corrected chi connectivity index (χ1v) is 8.72. The monoisotopic (exact) mass is 368 g/mol. The molecule has 1 aromatic rings. The Hall–Kier alpha value is -1.89. The van der Waals surface area contributed by atoms with Crippen LogP contribution in [-0.2, 0) is 0 Å². The summed E-state index contributed by atoms with van der Waals surface area (Å²) in [6, 6.07) is 7.62. The summed E-state index contributed by atoms with van der Waals surface area (Å²) < 4.78 is 41.8. The van der Waals surface area contributed by atoms with Crippen LogP contribution >= 0.6 is 0 Å². The van der Waals surface area contributed by atoms with Gasteiger partial charge in [-0.3, -0.25) is 4.79 Å². The van der Waals surface area contributed by atoms with Gasteiger partial charge in [0.1, 0.15) is 0 Å². The van der Waals surface area contributed by atoms with Gasteiger partial charge >= 0.3 is 6.18 Å². The quantitative estimate of drug-likeness (QED) is 0.807. The first-order chi connectivity index (χ1) is 12.0. The molecule has 0 aromatic heterocycles. The molecular formula is C19H23F3N2O2. The number of halogens is 3. The number of hydrogen-bond donors (Lipinski definition) is 1. The summed E-state index contributed by atoms with van der Waals surface area (Å²) in [5.41, 5.74) is -3.17. The molecular weight excluding hydrogens is 345 g/mol. The summed E-state index contributed by atoms with van der Waals surface area (Å²) in [4.78, 5) is 12.7. The van der Waals surface area contributed by atoms with Crippen molar-refractivity contribution in [3.8, 4) is 0 Å². The van der Waals surface area contributed by atoms with Crippen LogP contribution in [0.1, 0.15) is 50.4 Å². The van der Waals surface area contributed by atoms with Gasteiger partial charge in [-0.25, -0.2) is 0 Å². The molecule has 0 saturated heterocycles. The highest BCUT2D eigenvalue weighted by Crippen LogP contribution is 2.52. The first-order valence-electron chi connectivity index (χ1n) is 8.72. The number of hydrogen-bond acceptors (Lipinski definition) is 3. The van der Waals surface area contributed by atoms with E-state index in [1.54, 1.807) is 18.2 Å². The lowest BCUT2D eigenvalue weighted by atomic mass is 9.66. The van der Waals surface area contributed by atoms with E-state index in [1.807, 2.05) is 20.8 Å². The highest BCUT2D eigenvalue weighted by molar-refractivity contribution is 5.99. The second kappa shape index (κ2) is 6.08. The standard InChI is InChI=1S/C19H23F3N2O2/c1-17(2,3)13-9-10-15-14(11-13)18(26,19(20,21)22)24(23-15)16(25)12-7-5-4-6-8-12/h4-8,13-14,26H,9-11H2,1-3H3/t13-,14+,18+/m1/s1. The number of benzene rings is 1. The van der Waals surface area contributed by atoms with Gasteiger partial charge in [-0.2, -0.15) is 23.3 Å². The Morgan fingerprint density at radius 2 is 1.85 bits per heavy atom. The molecule has 4 nitrogen and oxygen atoms in total. The van der Waals surface area contributed by atoms with E-state index in [2.05, 4.69) is 5.10 Å². The van der Waals surface area contributed by atoms with Crippen molar-refractivity contribution in [2.45, 2.75) is 51.9 Å². The van der Waals surface area contributed by atoms with Gasteiger partial charge in [0.25, 0.3) is 11.6 Å². The molecule has 1 aliphatic carbocycles. The van der Waals surface area contributed by atoms with E-state index in [4.69, 9.17) is 0 Å². The molecule has 3 atom stereocenters. The normalized spacial score (nSPS) is 29.3. The largest absolute Gasteiger partial charge is 0.439 e. The van der Waals surface area contributed by atoms with Crippen LogP contribution in [0.15, 0.2) is 35.4 Å². The summed E-state index contributed by atoms with van der Waals surface area (Å²) in [5, 5.41) is 15.0. The lowest BCUT2D eigenvalue weighted by Gasteiger charge is -2.42. The first kappa shape index (κ1) is 18.9. The van der Waals surface area contributed by atoms with Crippen molar-refractivity contribution in [2.75, 3.05) is 0 Å². The van der Waals surface area contributed by atoms with Crippen molar-refractivity contribution in [1.29, 1.82) is 0 Å². The number of rotatable bonds is 1. The second-order valence-electron chi connectivity index (χ2n) is 8.19. The van der Waals surface area contributed by atoms with Crippen LogP contribution in [0.2, 0.25) is 0 Å². The van der Waals surface area contributed by atoms with Crippen molar-refractivity contribution in [3.05, 3.63) is 35.9 Å². The Balaban J connectivity index is 2.01. The predicted molar refractivity (Wildman–Crippen MR) is 91.3 cm³/mol. The fourth-order valence-corrected chi connectivity index (χ4v) is 3.91. The molecule has 142 valence electrons. The number of nitrogens with zero attached hydrogens (tertiary/aromatic N) is 2. The van der Waals surface area contributed by atoms with Gasteiger partial charge < -0.3 is 5.11 Å². The zero-order valence-electron chi connectivity index (χ0n) is 15.0. The van der Waals surface area contributed by atoms with Crippen LogP contribution in [0, 0.1) is 17.3 Å². The minimum absolute atomic E-state index is 0.00658. The van der Waals surface area contributed by atoms with Crippen molar-refractivity contribution in [3.63, 3.8) is 0 Å². The van der Waals surface area contributed by atoms with E-state index < -0.39 is 23.7 Å². The summed E-state index contributed by atoms with van der Waals surface area (Å²) >= 11 is 0. The molecule has 0 radical (unpaired) electrons. The van der Waals surface area contributed by atoms with Crippen molar-refractivity contribution in [2.24, 2.45) is 22.4 Å². The number of fused-ring (bicyclic) bond motifs is 1. The molecule has 1 saturated carbocycles. The lowest BCUT2D eigenvalue weighted by molar-refractivity contribution is -0.314. The van der Waals surface area contributed by atoms with E-state index >= 15 is 0 Å². The van der Waals surface area contributed by atoms with Gasteiger partial charge in [0, 0.05) is 11.3 Å². The zero-order valence-corrected chi connectivity index (χ0v) is 15.0. The van der Waals surface area contributed by atoms with Crippen LogP contribution in [0.4, 0.5) is 13.2 Å². The fraction of sp³-hybridized carbons (Fsp3) is 0.579. The molecule has 0 spiro atoms. The third-order valence-corrected chi connectivity index (χ3v) is 5.56. The number of hydrazone groups is 1. The van der Waals surface area contributed by atoms with E-state index in [1.165, 1.54) is 12.1 Å². The van der Waals surface area contributed by atoms with Crippen molar-refractivity contribution in [1.82, 2.24) is 5.01 Å². The zero-order chi connectivity index (χ0) is 19.3. The summed E-state index contributed by atoms with van der Waals surface area (Å²) in [7, 11) is 0. The van der Waals surface area contributed by atoms with E-state index in [0.29, 0.717) is 12.8 Å². The molecule has 1 fully saturated rings. The summed E-state index contributed by atoms with van der Waals surface area (Å²) in [6.07, 6.45) is -3.81. The maximum absolute atomic E-state index is 13.9. The Bertz CT molecular complexity index is 725. The Morgan fingerprint density at radius 1 is 1.23 bits per heavy atom. The van der Waals surface area contributed by atoms with Crippen molar-refractivity contribution >= 4 is 11.6 Å². The number of carbonyl (C=O) groups excluding carboxylic acids is 1. The minimum Gasteiger partial charge on any atom is -0.362 e. The molecule has 7 heteroatoms. The lowest BCUT2D eigenvalue weighted by Crippen LogP contribution is -2.62. The third kappa shape index (κ3) is 2.92. The fourth-order valence-electron chi connectivity index (χ4n) is 3.91. The maximum atomic E-state index is 13.9. The Labute approximate surface area is 150 Å². The molecule has 0 unspecified atom stereocenters. The SMILES string of the molecule is CC(C)(C)[C@@H]1CCC2=NN(C(=O)c3ccccc3)[C@@](O)(C(F)(F)F)[C@H]2C1. The maximum Gasteiger partial charge on any atom is 0.439 e. The molecule has 1 amide bonds. The third-order valence-electron chi connectivity index (χ3n) is 5.56. The topological polar surface area (TPSA) is 52.9 Å². The molecule has 3 rings (SSSR count). The Kier molecular flexibility index (Phi) is 4.42. The van der Waals surface area contributed by atoms with Crippen molar-refractivity contribution < 1.29 is 23.1 Å². The van der Waals surface area contributed by atoms with Crippen LogP contribution in [0.25, 0.3) is 0 Å². The van der Waals surface area contributed by atoms with Crippen LogP contribution < -0.4 is 0 Å². The number of carbonyl (C=O) groups is 1. The highest BCUT2D eigenvalue weighted by Gasteiger charge is 2.69. The number of amides is 1. The highest BCUT2D eigenvalue weighted by atomic mass is 19.4. The molecule has 1 aromatic carbocycles. The number of alkyl halides is 3. The predicted octanol–water partition coefficient (Wildman–Crippen LogP) is 4.21. The minimum atomic E-state index is -5.01. The van der Waals surface area contributed by atoms with Crippen LogP contribution in [-0.4, -0.2) is 33.6 Å². The molecule has 1 aliphatic heterocycles. The van der Waals surface area contributed by atoms with Gasteiger partial charge in [-0.15, -0.1) is 0 Å². The molecule has 2 aliphatic rings. The van der Waals surface area contributed by atoms with Crippen LogP contribution in [0.3, 0.4) is 0 Å². The smallest absolute Gasteiger partial charge is 0.362 e. The van der Waals surface area contributed by atoms with E-state index in [9.17, 15) is 23.1 Å². The van der Waals surface area contributed by atoms with Gasteiger partial charge in [0.05, 0.1) is 5.92 Å². The van der Waals surface area contributed by atoms with E-state index in [0.717, 1.165) is 0 Å². The van der Waals surface area contributed by atoms with Gasteiger partial charge in [-0.1, -0.05) is 39.0 Å². The number of aliphatic hydroxyl groups is 1. The summed E-state index contributed by atoms with van der Waals surface area (Å²) in [5.74, 6) is -2.17. The molecule has 0 bridgehead atoms. The van der Waals surface area contributed by atoms with Crippen LogP contribution in [0.5, 0.6) is 0 Å². The van der Waals surface area contributed by atoms with Gasteiger partial charge in [-0.05, 0) is 42.7 Å². The molecule has 26 heavy (non-hydrogen) atoms. The second-order valence-corrected chi connectivity index (χ2v) is 8.19. The van der Waals surface area contributed by atoms with E-state index in [-0.39, 0.29) is 34.0 Å². The Morgan fingerprint density at radius 3 is 2.38 bits per heavy atom. The molecule has 1 N–H and O–H groups in total. The van der Waals surface area contributed by atoms with Gasteiger partial charge in [0.15, 0.2) is 0 Å². The average Bonchev–Trinajstić information content (AvgIpc) is 2.88. The summed E-state index contributed by atoms with van der Waals surface area (Å²) in [6.45, 7) is 5.94. The molecule has 1 heterocycles. The average molecular weight is 368 g/mol.